The highest BCUT2D eigenvalue weighted by Crippen LogP contribution is 2.29. The van der Waals surface area contributed by atoms with E-state index in [0.717, 1.165) is 13.2 Å². The summed E-state index contributed by atoms with van der Waals surface area (Å²) in [5, 5.41) is 9.12. The molecule has 3 N–H and O–H groups in total. The molecule has 0 aliphatic carbocycles. The van der Waals surface area contributed by atoms with Crippen molar-refractivity contribution in [2.45, 2.75) is 6.43 Å². The number of pyridine rings is 1. The van der Waals surface area contributed by atoms with Gasteiger partial charge >= 0.3 is 5.97 Å². The van der Waals surface area contributed by atoms with Gasteiger partial charge in [0.2, 0.25) is 0 Å². The first kappa shape index (κ1) is 11.2. The minimum atomic E-state index is -2.96. The van der Waals surface area contributed by atoms with Crippen LogP contribution in [0.2, 0.25) is 0 Å². The first-order valence-electron chi connectivity index (χ1n) is 3.83. The number of ether oxygens (including phenoxy) is 1. The third-order valence-corrected chi connectivity index (χ3v) is 1.67. The predicted molar refractivity (Wildman–Crippen MR) is 46.6 cm³/mol. The number of hydrogen-bond acceptors (Lipinski definition) is 5. The number of carbonyl (C=O) groups excluding carboxylic acids is 1. The molecule has 0 fully saturated rings. The molecular formula is C8H8F2N2O3. The lowest BCUT2D eigenvalue weighted by atomic mass is 10.2. The second kappa shape index (κ2) is 4.07. The Hall–Kier alpha value is -1.92. The lowest BCUT2D eigenvalue weighted by Crippen LogP contribution is -2.09. The van der Waals surface area contributed by atoms with E-state index in [1.165, 1.54) is 0 Å². The molecule has 0 amide bonds. The Kier molecular flexibility index (Phi) is 3.03. The molecule has 0 saturated heterocycles. The van der Waals surface area contributed by atoms with Crippen LogP contribution in [-0.2, 0) is 4.74 Å². The molecule has 0 spiro atoms. The van der Waals surface area contributed by atoms with Crippen molar-refractivity contribution in [3.8, 4) is 5.75 Å². The van der Waals surface area contributed by atoms with Crippen molar-refractivity contribution in [1.29, 1.82) is 0 Å². The summed E-state index contributed by atoms with van der Waals surface area (Å²) < 4.78 is 28.8. The minimum absolute atomic E-state index is 0.251. The van der Waals surface area contributed by atoms with Crippen molar-refractivity contribution in [2.24, 2.45) is 0 Å². The van der Waals surface area contributed by atoms with Gasteiger partial charge in [0.05, 0.1) is 7.11 Å². The van der Waals surface area contributed by atoms with Crippen LogP contribution < -0.4 is 5.73 Å². The summed E-state index contributed by atoms with van der Waals surface area (Å²) in [6.45, 7) is 0. The van der Waals surface area contributed by atoms with E-state index in [-0.39, 0.29) is 5.56 Å². The average molecular weight is 218 g/mol. The number of aromatic nitrogens is 1. The maximum Gasteiger partial charge on any atom is 0.341 e. The Morgan fingerprint density at radius 1 is 1.67 bits per heavy atom. The normalized spacial score (nSPS) is 10.4. The monoisotopic (exact) mass is 218 g/mol. The molecule has 0 aromatic carbocycles. The molecule has 0 saturated carbocycles. The van der Waals surface area contributed by atoms with Gasteiger partial charge in [0.15, 0.2) is 5.69 Å². The van der Waals surface area contributed by atoms with E-state index in [2.05, 4.69) is 9.72 Å². The number of carbonyl (C=O) groups is 1. The largest absolute Gasteiger partial charge is 0.506 e. The molecule has 15 heavy (non-hydrogen) atoms. The van der Waals surface area contributed by atoms with Gasteiger partial charge in [-0.1, -0.05) is 0 Å². The molecule has 0 atom stereocenters. The summed E-state index contributed by atoms with van der Waals surface area (Å²) in [5.74, 6) is -2.05. The van der Waals surface area contributed by atoms with Crippen molar-refractivity contribution < 1.29 is 23.4 Å². The quantitative estimate of drug-likeness (QED) is 0.726. The van der Waals surface area contributed by atoms with Crippen LogP contribution in [0.4, 0.5) is 14.6 Å². The number of nitrogens with two attached hydrogens (primary N) is 1. The van der Waals surface area contributed by atoms with E-state index in [1.807, 2.05) is 0 Å². The standard InChI is InChI=1S/C8H8F2N2O3/c1-15-8(14)3-2-4(13)5(6(9)10)12-7(3)11/h2,6,13H,1H3,(H2,11,12). The van der Waals surface area contributed by atoms with Gasteiger partial charge in [-0.3, -0.25) is 0 Å². The fourth-order valence-corrected chi connectivity index (χ4v) is 0.966. The van der Waals surface area contributed by atoms with E-state index in [0.29, 0.717) is 0 Å². The predicted octanol–water partition coefficient (Wildman–Crippen LogP) is 1.09. The van der Waals surface area contributed by atoms with Gasteiger partial charge in [-0.15, -0.1) is 0 Å². The van der Waals surface area contributed by atoms with Crippen LogP contribution in [0, 0.1) is 0 Å². The number of methoxy groups -OCH3 is 1. The molecule has 0 bridgehead atoms. The fourth-order valence-electron chi connectivity index (χ4n) is 0.966. The van der Waals surface area contributed by atoms with E-state index in [4.69, 9.17) is 10.8 Å². The zero-order valence-corrected chi connectivity index (χ0v) is 7.70. The van der Waals surface area contributed by atoms with E-state index < -0.39 is 29.7 Å². The van der Waals surface area contributed by atoms with Crippen LogP contribution in [-0.4, -0.2) is 23.2 Å². The number of esters is 1. The van der Waals surface area contributed by atoms with Crippen LogP contribution >= 0.6 is 0 Å². The van der Waals surface area contributed by atoms with Gasteiger partial charge in [-0.2, -0.15) is 0 Å². The molecule has 1 aromatic heterocycles. The van der Waals surface area contributed by atoms with Gasteiger partial charge in [-0.05, 0) is 0 Å². The zero-order chi connectivity index (χ0) is 11.6. The number of hydrogen-bond donors (Lipinski definition) is 2. The van der Waals surface area contributed by atoms with Crippen LogP contribution in [0.15, 0.2) is 6.07 Å². The number of alkyl halides is 2. The van der Waals surface area contributed by atoms with Gasteiger partial charge in [0, 0.05) is 6.07 Å². The van der Waals surface area contributed by atoms with Crippen LogP contribution in [0.25, 0.3) is 0 Å². The lowest BCUT2D eigenvalue weighted by Gasteiger charge is -2.07. The Labute approximate surface area is 83.5 Å². The van der Waals surface area contributed by atoms with Gasteiger partial charge in [0.25, 0.3) is 6.43 Å². The van der Waals surface area contributed by atoms with Gasteiger partial charge < -0.3 is 15.6 Å². The van der Waals surface area contributed by atoms with Crippen molar-refractivity contribution in [1.82, 2.24) is 4.98 Å². The molecular weight excluding hydrogens is 210 g/mol. The van der Waals surface area contributed by atoms with Crippen molar-refractivity contribution in [3.05, 3.63) is 17.3 Å². The summed E-state index contributed by atoms with van der Waals surface area (Å²) in [7, 11) is 1.10. The van der Waals surface area contributed by atoms with Crippen molar-refractivity contribution in [2.75, 3.05) is 12.8 Å². The number of nitrogen functional groups attached to an aromatic ring is 1. The highest BCUT2D eigenvalue weighted by atomic mass is 19.3. The number of rotatable bonds is 2. The Bertz CT molecular complexity index is 396. The maximum absolute atomic E-state index is 12.2. The molecule has 0 radical (unpaired) electrons. The molecule has 0 unspecified atom stereocenters. The first-order valence-corrected chi connectivity index (χ1v) is 3.83. The number of anilines is 1. The van der Waals surface area contributed by atoms with E-state index >= 15 is 0 Å². The minimum Gasteiger partial charge on any atom is -0.506 e. The van der Waals surface area contributed by atoms with Crippen LogP contribution in [0.3, 0.4) is 0 Å². The summed E-state index contributed by atoms with van der Waals surface area (Å²) >= 11 is 0. The van der Waals surface area contributed by atoms with E-state index in [9.17, 15) is 13.6 Å². The topological polar surface area (TPSA) is 85.4 Å². The lowest BCUT2D eigenvalue weighted by molar-refractivity contribution is 0.0600. The summed E-state index contributed by atoms with van der Waals surface area (Å²) in [6.07, 6.45) is -2.96. The van der Waals surface area contributed by atoms with Gasteiger partial charge in [0.1, 0.15) is 17.1 Å². The Morgan fingerprint density at radius 3 is 2.73 bits per heavy atom. The summed E-state index contributed by atoms with van der Waals surface area (Å²) in [4.78, 5) is 14.2. The third-order valence-electron chi connectivity index (χ3n) is 1.67. The number of halogens is 2. The molecule has 0 aliphatic rings. The molecule has 1 aromatic rings. The fraction of sp³-hybridized carbons (Fsp3) is 0.250. The molecule has 82 valence electrons. The molecule has 7 heteroatoms. The number of aromatic hydroxyl groups is 1. The summed E-state index contributed by atoms with van der Waals surface area (Å²) in [6, 6.07) is 0.801. The molecule has 0 aliphatic heterocycles. The first-order chi connectivity index (χ1) is 6.97. The van der Waals surface area contributed by atoms with Crippen molar-refractivity contribution in [3.63, 3.8) is 0 Å². The van der Waals surface area contributed by atoms with Crippen LogP contribution in [0.1, 0.15) is 22.5 Å². The second-order valence-corrected chi connectivity index (χ2v) is 2.62. The molecule has 1 heterocycles. The average Bonchev–Trinajstić information content (AvgIpc) is 2.19. The zero-order valence-electron chi connectivity index (χ0n) is 7.70. The smallest absolute Gasteiger partial charge is 0.341 e. The second-order valence-electron chi connectivity index (χ2n) is 2.62. The summed E-state index contributed by atoms with van der Waals surface area (Å²) in [5.41, 5.74) is 4.14. The maximum atomic E-state index is 12.2. The Morgan fingerprint density at radius 2 is 2.27 bits per heavy atom. The van der Waals surface area contributed by atoms with E-state index in [1.54, 1.807) is 0 Å². The Balaban J connectivity index is 3.25. The SMILES string of the molecule is COC(=O)c1cc(O)c(C(F)F)nc1N. The number of nitrogens with zero attached hydrogens (tertiary/aromatic N) is 1. The molecule has 5 nitrogen and oxygen atoms in total. The van der Waals surface area contributed by atoms with Crippen LogP contribution in [0.5, 0.6) is 5.75 Å². The highest BCUT2D eigenvalue weighted by Gasteiger charge is 2.20. The van der Waals surface area contributed by atoms with Crippen molar-refractivity contribution >= 4 is 11.8 Å². The molecule has 1 rings (SSSR count). The van der Waals surface area contributed by atoms with Gasteiger partial charge in [-0.25, -0.2) is 18.6 Å². The third kappa shape index (κ3) is 2.12. The highest BCUT2D eigenvalue weighted by molar-refractivity contribution is 5.94.